The first kappa shape index (κ1) is 42.5. The molecule has 0 radical (unpaired) electrons. The number of aryl methyl sites for hydroxylation is 2. The van der Waals surface area contributed by atoms with E-state index in [-0.39, 0.29) is 57.5 Å². The van der Waals surface area contributed by atoms with Crippen molar-refractivity contribution in [2.45, 2.75) is 102 Å². The van der Waals surface area contributed by atoms with Gasteiger partial charge in [0.2, 0.25) is 5.91 Å². The van der Waals surface area contributed by atoms with Gasteiger partial charge in [-0.1, -0.05) is 62.4 Å². The van der Waals surface area contributed by atoms with Gasteiger partial charge in [0.05, 0.1) is 11.7 Å². The smallest absolute Gasteiger partial charge is 0.00522 e. The van der Waals surface area contributed by atoms with E-state index in [0.717, 1.165) is 104 Å². The number of amides is 2. The van der Waals surface area contributed by atoms with E-state index in [4.69, 9.17) is 9.97 Å². The van der Waals surface area contributed by atoms with Crippen LogP contribution in [-0.2, 0) is 22.4 Å². The van der Waals surface area contributed by atoms with Crippen LogP contribution in [0.25, 0.3) is 33.6 Å². The number of likely N-dealkylation sites (tertiary alicyclic amines) is 2. The summed E-state index contributed by atoms with van der Waals surface area (Å²) in [6.07, 6.45) is 9.02. The number of halogens is 1. The number of rotatable bonds is 14. The summed E-state index contributed by atoms with van der Waals surface area (Å²) in [6, 6.07) is 36.3. The Morgan fingerprint density at radius 1 is 0.692 bits per heavy atom. The molecule has 4 aromatic carbocycles. The normalized spacial score (nSPS) is 23.8. The maximum atomic E-state index is 14.7. The predicted octanol–water partition coefficient (Wildman–Crippen LogP) is 6.73. The van der Waals surface area contributed by atoms with Crippen LogP contribution in [-0.4, -0.2) is 86.2 Å². The van der Waals surface area contributed by atoms with Crippen molar-refractivity contribution >= 4 is 11.8 Å². The Hall–Kier alpha value is -5.11. The summed E-state index contributed by atoms with van der Waals surface area (Å²) in [5.41, 5.74) is 11.3. The Morgan fingerprint density at radius 2 is 1.29 bits per heavy atom. The van der Waals surface area contributed by atoms with Gasteiger partial charge < -0.3 is 9.88 Å². The molecule has 0 spiro atoms. The minimum Gasteiger partial charge on any atom is -0.0622 e. The second-order valence-electron chi connectivity index (χ2n) is 18.8. The zero-order valence-corrected chi connectivity index (χ0v) is 40.1. The zero-order chi connectivity index (χ0) is 44.3. The standard InChI is InChI=1S/C54H60IN8O2/c1-5-60(6-2)49(35-15-10-8-11-16-35)53(64)63-45-29-40(45)31-47(63)52-57-42-20-14-19-38-27-37(25-26-41(38)48(42)59-52)33-21-23-34(24-22-33)43-32-56-51(58-43)46-30-39-28-44(39)62(46)54(65)50(61(7-3)55-4)36-17-12-9-13-18-36/h8-13,15-18,21-27,32,39-40,44-47,49-50H,5-7,14,19-20,28-31H2,1-4H3,(H,56,58)(H,57,59)/q-1/t39?,40?,44-,45-,46+,47+,49-,50-/m1/s1. The number of likely N-dealkylation sites (N-methyl/N-ethyl adjacent to an activating group) is 2. The molecule has 4 fully saturated rings. The fraction of sp³-hybridized carbons (Fsp3) is 0.407. The van der Waals surface area contributed by atoms with Gasteiger partial charge in [-0.2, -0.15) is 0 Å². The Kier molecular flexibility index (Phi) is 11.5. The molecule has 10 nitrogen and oxygen atoms in total. The second kappa shape index (κ2) is 17.6. The molecule has 2 amide bonds. The molecule has 0 bridgehead atoms. The van der Waals surface area contributed by atoms with Gasteiger partial charge in [-0.25, -0.2) is 4.98 Å². The van der Waals surface area contributed by atoms with E-state index in [2.05, 4.69) is 120 Å². The number of alkyl halides is 1. The van der Waals surface area contributed by atoms with E-state index in [1.54, 1.807) is 0 Å². The van der Waals surface area contributed by atoms with Gasteiger partial charge in [0.1, 0.15) is 11.9 Å². The molecule has 65 heavy (non-hydrogen) atoms. The largest absolute Gasteiger partial charge is 0.0622 e. The third-order valence-corrected chi connectivity index (χ3v) is 17.7. The van der Waals surface area contributed by atoms with Gasteiger partial charge in [-0.3, -0.25) is 9.69 Å². The number of carbonyl (C=O) groups is 2. The fourth-order valence-electron chi connectivity index (χ4n) is 11.7. The van der Waals surface area contributed by atoms with E-state index in [1.807, 2.05) is 42.6 Å². The molecule has 11 rings (SSSR count). The summed E-state index contributed by atoms with van der Waals surface area (Å²) < 4.78 is 2.39. The molecule has 5 aliphatic rings. The number of benzene rings is 4. The molecule has 2 saturated heterocycles. The van der Waals surface area contributed by atoms with E-state index in [0.29, 0.717) is 23.9 Å². The fourth-order valence-corrected chi connectivity index (χ4v) is 13.5. The van der Waals surface area contributed by atoms with Crippen LogP contribution in [0.5, 0.6) is 0 Å². The number of nitrogens with zero attached hydrogens (tertiary/aromatic N) is 6. The Balaban J connectivity index is 0.816. The van der Waals surface area contributed by atoms with Crippen molar-refractivity contribution in [3.05, 3.63) is 143 Å². The van der Waals surface area contributed by atoms with Crippen LogP contribution >= 0.6 is 0 Å². The second-order valence-corrected chi connectivity index (χ2v) is 21.0. The topological polar surface area (TPSA) is 104 Å². The monoisotopic (exact) mass is 979 g/mol. The summed E-state index contributed by atoms with van der Waals surface area (Å²) in [5.74, 6) is 3.35. The molecule has 2 saturated carbocycles. The average molecular weight is 980 g/mol. The first-order valence-electron chi connectivity index (χ1n) is 24.0. The SMILES string of the molecule is CCN(CC)[C@@H](C(=O)N1[C@@H]2CC2C[C@H]1c1nc2c([nH]1)CCCc1cc(-c3ccc(-c4cnc([C@@H]5CC6C[C@H]6N5C(=O)[C@@H](c5ccccc5)N(CC)[I-]C)[nH]4)cc3)ccc1-2)c1ccccc1. The summed E-state index contributed by atoms with van der Waals surface area (Å²) in [7, 11) is 0. The number of carbonyl (C=O) groups excluding carboxylic acids is 2. The van der Waals surface area contributed by atoms with Gasteiger partial charge in [0.15, 0.2) is 0 Å². The van der Waals surface area contributed by atoms with Crippen molar-refractivity contribution in [1.29, 1.82) is 0 Å². The predicted molar refractivity (Wildman–Crippen MR) is 251 cm³/mol. The number of piperidine rings is 2. The van der Waals surface area contributed by atoms with Crippen molar-refractivity contribution in [1.82, 2.24) is 37.7 Å². The van der Waals surface area contributed by atoms with Crippen LogP contribution in [0, 0.1) is 11.8 Å². The Labute approximate surface area is 393 Å². The maximum Gasteiger partial charge on any atom is 0.00522 e. The van der Waals surface area contributed by atoms with Crippen LogP contribution in [0.1, 0.15) is 111 Å². The van der Waals surface area contributed by atoms with Crippen LogP contribution in [0.4, 0.5) is 0 Å². The van der Waals surface area contributed by atoms with Gasteiger partial charge in [0.25, 0.3) is 0 Å². The van der Waals surface area contributed by atoms with Gasteiger partial charge in [-0.05, 0) is 67.8 Å². The summed E-state index contributed by atoms with van der Waals surface area (Å²) in [6.45, 7) is 8.96. The quantitative estimate of drug-likeness (QED) is 0.0714. The van der Waals surface area contributed by atoms with Crippen LogP contribution in [0.15, 0.2) is 109 Å². The molecule has 3 aliphatic carbocycles. The number of hydrogen-bond donors (Lipinski definition) is 2. The van der Waals surface area contributed by atoms with Crippen molar-refractivity contribution in [3.63, 3.8) is 0 Å². The average Bonchev–Trinajstić information content (AvgIpc) is 4.01. The van der Waals surface area contributed by atoms with E-state index < -0.39 is 0 Å². The minimum atomic E-state index is -0.298. The molecular weight excluding hydrogens is 920 g/mol. The number of fused-ring (bicyclic) bond motifs is 5. The summed E-state index contributed by atoms with van der Waals surface area (Å²) >= 11 is -0.275. The van der Waals surface area contributed by atoms with Gasteiger partial charge in [-0.15, -0.1) is 0 Å². The third kappa shape index (κ3) is 7.74. The molecule has 336 valence electrons. The number of H-pyrrole nitrogens is 2. The zero-order valence-electron chi connectivity index (χ0n) is 38.0. The third-order valence-electron chi connectivity index (χ3n) is 15.2. The van der Waals surface area contributed by atoms with Crippen LogP contribution in [0.3, 0.4) is 0 Å². The van der Waals surface area contributed by atoms with Crippen molar-refractivity contribution in [3.8, 4) is 33.6 Å². The number of imidazole rings is 2. The van der Waals surface area contributed by atoms with E-state index >= 15 is 0 Å². The van der Waals surface area contributed by atoms with Crippen LogP contribution in [0.2, 0.25) is 0 Å². The first-order valence-corrected chi connectivity index (χ1v) is 27.1. The number of aromatic amines is 2. The molecule has 8 atom stereocenters. The van der Waals surface area contributed by atoms with Crippen LogP contribution < -0.4 is 21.5 Å². The van der Waals surface area contributed by atoms with Crippen molar-refractivity contribution in [2.75, 3.05) is 24.6 Å². The van der Waals surface area contributed by atoms with Gasteiger partial charge in [0, 0.05) is 17.3 Å². The first-order chi connectivity index (χ1) is 31.9. The molecule has 2 N–H and O–H groups in total. The van der Waals surface area contributed by atoms with Gasteiger partial charge >= 0.3 is 194 Å². The molecule has 2 aromatic heterocycles. The molecule has 4 heterocycles. The Morgan fingerprint density at radius 3 is 1.92 bits per heavy atom. The summed E-state index contributed by atoms with van der Waals surface area (Å²) in [5, 5.41) is 0. The molecular formula is C54H60IN8O2-. The minimum absolute atomic E-state index is 0.0389. The number of nitrogens with one attached hydrogen (secondary N) is 2. The Bertz CT molecular complexity index is 2670. The van der Waals surface area contributed by atoms with E-state index in [9.17, 15) is 9.59 Å². The molecule has 2 aliphatic heterocycles. The maximum absolute atomic E-state index is 14.7. The molecule has 11 heteroatoms. The number of aromatic nitrogens is 4. The van der Waals surface area contributed by atoms with Crippen molar-refractivity contribution < 1.29 is 31.1 Å². The summed E-state index contributed by atoms with van der Waals surface area (Å²) in [4.78, 5) is 56.0. The van der Waals surface area contributed by atoms with Crippen molar-refractivity contribution in [2.24, 2.45) is 11.8 Å². The molecule has 2 unspecified atom stereocenters. The van der Waals surface area contributed by atoms with E-state index in [1.165, 1.54) is 27.9 Å². The number of hydrogen-bond acceptors (Lipinski definition) is 6. The molecule has 6 aromatic rings.